The number of nitrogens with two attached hydrogens (primary N) is 1. The SMILES string of the molecule is CC1(C)CCCN(Cc2cccc([N+](=O)[O-])c2NN)CC1. The van der Waals surface area contributed by atoms with Crippen molar-refractivity contribution in [2.45, 2.75) is 39.7 Å². The van der Waals surface area contributed by atoms with Crippen LogP contribution in [0.2, 0.25) is 0 Å². The van der Waals surface area contributed by atoms with Gasteiger partial charge in [0, 0.05) is 12.6 Å². The number of benzene rings is 1. The van der Waals surface area contributed by atoms with Crippen LogP contribution in [0.15, 0.2) is 18.2 Å². The molecule has 116 valence electrons. The van der Waals surface area contributed by atoms with E-state index in [1.165, 1.54) is 12.5 Å². The van der Waals surface area contributed by atoms with Crippen molar-refractivity contribution >= 4 is 11.4 Å². The molecule has 6 nitrogen and oxygen atoms in total. The lowest BCUT2D eigenvalue weighted by Crippen LogP contribution is -2.26. The Labute approximate surface area is 125 Å². The van der Waals surface area contributed by atoms with Gasteiger partial charge in [-0.25, -0.2) is 0 Å². The molecule has 0 bridgehead atoms. The van der Waals surface area contributed by atoms with Crippen molar-refractivity contribution < 1.29 is 4.92 Å². The zero-order chi connectivity index (χ0) is 15.5. The van der Waals surface area contributed by atoms with E-state index in [1.807, 2.05) is 6.07 Å². The van der Waals surface area contributed by atoms with Crippen LogP contribution in [0, 0.1) is 15.5 Å². The fourth-order valence-corrected chi connectivity index (χ4v) is 2.91. The Hall–Kier alpha value is -1.66. The van der Waals surface area contributed by atoms with Gasteiger partial charge in [-0.05, 0) is 43.3 Å². The maximum atomic E-state index is 11.1. The molecule has 1 heterocycles. The number of nitrogens with zero attached hydrogens (tertiary/aromatic N) is 2. The van der Waals surface area contributed by atoms with Crippen LogP contribution in [-0.4, -0.2) is 22.9 Å². The highest BCUT2D eigenvalue weighted by Crippen LogP contribution is 2.32. The molecule has 1 aromatic carbocycles. The number of hydrazine groups is 1. The average molecular weight is 292 g/mol. The second-order valence-corrected chi connectivity index (χ2v) is 6.51. The Morgan fingerprint density at radius 3 is 2.81 bits per heavy atom. The first kappa shape index (κ1) is 15.7. The molecule has 0 saturated carbocycles. The van der Waals surface area contributed by atoms with Crippen molar-refractivity contribution in [3.63, 3.8) is 0 Å². The van der Waals surface area contributed by atoms with Gasteiger partial charge in [0.2, 0.25) is 0 Å². The normalized spacial score (nSPS) is 19.0. The van der Waals surface area contributed by atoms with E-state index in [0.29, 0.717) is 17.6 Å². The molecule has 0 aromatic heterocycles. The lowest BCUT2D eigenvalue weighted by molar-refractivity contribution is -0.384. The summed E-state index contributed by atoms with van der Waals surface area (Å²) in [4.78, 5) is 13.0. The Bertz CT molecular complexity index is 516. The van der Waals surface area contributed by atoms with E-state index in [-0.39, 0.29) is 5.69 Å². The van der Waals surface area contributed by atoms with E-state index in [1.54, 1.807) is 6.07 Å². The lowest BCUT2D eigenvalue weighted by Gasteiger charge is -2.24. The molecule has 6 heteroatoms. The number of anilines is 1. The van der Waals surface area contributed by atoms with Gasteiger partial charge in [0.05, 0.1) is 4.92 Å². The highest BCUT2D eigenvalue weighted by molar-refractivity contribution is 5.65. The van der Waals surface area contributed by atoms with Crippen molar-refractivity contribution in [2.75, 3.05) is 18.5 Å². The molecule has 0 amide bonds. The van der Waals surface area contributed by atoms with Crippen molar-refractivity contribution in [1.82, 2.24) is 4.90 Å². The molecule has 0 atom stereocenters. The van der Waals surface area contributed by atoms with E-state index in [2.05, 4.69) is 24.2 Å². The van der Waals surface area contributed by atoms with E-state index in [9.17, 15) is 10.1 Å². The van der Waals surface area contributed by atoms with Crippen molar-refractivity contribution in [3.05, 3.63) is 33.9 Å². The molecule has 0 unspecified atom stereocenters. The zero-order valence-electron chi connectivity index (χ0n) is 12.8. The summed E-state index contributed by atoms with van der Waals surface area (Å²) in [6, 6.07) is 5.10. The van der Waals surface area contributed by atoms with Crippen LogP contribution in [-0.2, 0) is 6.54 Å². The quantitative estimate of drug-likeness (QED) is 0.506. The highest BCUT2D eigenvalue weighted by atomic mass is 16.6. The Morgan fingerprint density at radius 1 is 1.38 bits per heavy atom. The molecule has 1 fully saturated rings. The number of nitro groups is 1. The average Bonchev–Trinajstić information content (AvgIpc) is 2.60. The van der Waals surface area contributed by atoms with Crippen molar-refractivity contribution in [3.8, 4) is 0 Å². The van der Waals surface area contributed by atoms with Crippen LogP contribution in [0.25, 0.3) is 0 Å². The predicted molar refractivity (Wildman–Crippen MR) is 83.8 cm³/mol. The van der Waals surface area contributed by atoms with Crippen LogP contribution in [0.4, 0.5) is 11.4 Å². The molecule has 0 aliphatic carbocycles. The summed E-state index contributed by atoms with van der Waals surface area (Å²) in [5.74, 6) is 5.50. The van der Waals surface area contributed by atoms with Crippen LogP contribution < -0.4 is 11.3 Å². The fraction of sp³-hybridized carbons (Fsp3) is 0.600. The summed E-state index contributed by atoms with van der Waals surface area (Å²) in [6.45, 7) is 7.33. The van der Waals surface area contributed by atoms with Crippen LogP contribution in [0.1, 0.15) is 38.7 Å². The predicted octanol–water partition coefficient (Wildman–Crippen LogP) is 2.89. The first-order valence-electron chi connectivity index (χ1n) is 7.38. The number of nitrogen functional groups attached to an aromatic ring is 1. The van der Waals surface area contributed by atoms with Gasteiger partial charge in [-0.3, -0.25) is 20.9 Å². The molecule has 2 rings (SSSR count). The molecular formula is C15H24N4O2. The number of hydrogen-bond donors (Lipinski definition) is 2. The van der Waals surface area contributed by atoms with Crippen LogP contribution in [0.3, 0.4) is 0 Å². The summed E-state index contributed by atoms with van der Waals surface area (Å²) in [5.41, 5.74) is 4.22. The minimum Gasteiger partial charge on any atom is -0.318 e. The van der Waals surface area contributed by atoms with Crippen LogP contribution >= 0.6 is 0 Å². The van der Waals surface area contributed by atoms with Gasteiger partial charge < -0.3 is 5.43 Å². The van der Waals surface area contributed by atoms with Gasteiger partial charge in [-0.1, -0.05) is 26.0 Å². The topological polar surface area (TPSA) is 84.4 Å². The standard InChI is InChI=1S/C15H24N4O2/c1-15(2)7-4-9-18(10-8-15)11-12-5-3-6-13(19(20)21)14(12)17-16/h3,5-6,17H,4,7-11,16H2,1-2H3. The number of likely N-dealkylation sites (tertiary alicyclic amines) is 1. The van der Waals surface area contributed by atoms with E-state index >= 15 is 0 Å². The van der Waals surface area contributed by atoms with Gasteiger partial charge in [-0.15, -0.1) is 0 Å². The fourth-order valence-electron chi connectivity index (χ4n) is 2.91. The number of nitro benzene ring substituents is 1. The lowest BCUT2D eigenvalue weighted by atomic mass is 9.85. The van der Waals surface area contributed by atoms with E-state index in [0.717, 1.165) is 31.5 Å². The van der Waals surface area contributed by atoms with Gasteiger partial charge in [-0.2, -0.15) is 0 Å². The van der Waals surface area contributed by atoms with Crippen molar-refractivity contribution in [1.29, 1.82) is 0 Å². The summed E-state index contributed by atoms with van der Waals surface area (Å²) < 4.78 is 0. The third-order valence-electron chi connectivity index (χ3n) is 4.30. The molecule has 21 heavy (non-hydrogen) atoms. The summed E-state index contributed by atoms with van der Waals surface area (Å²) in [5, 5.41) is 11.1. The minimum atomic E-state index is -0.399. The minimum absolute atomic E-state index is 0.0325. The molecule has 1 aliphatic heterocycles. The van der Waals surface area contributed by atoms with Gasteiger partial charge >= 0.3 is 0 Å². The zero-order valence-corrected chi connectivity index (χ0v) is 12.8. The molecule has 3 N–H and O–H groups in total. The summed E-state index contributed by atoms with van der Waals surface area (Å²) in [6.07, 6.45) is 3.53. The molecule has 1 saturated heterocycles. The molecule has 0 radical (unpaired) electrons. The summed E-state index contributed by atoms with van der Waals surface area (Å²) in [7, 11) is 0. The first-order chi connectivity index (χ1) is 9.93. The highest BCUT2D eigenvalue weighted by Gasteiger charge is 2.24. The van der Waals surface area contributed by atoms with Gasteiger partial charge in [0.1, 0.15) is 5.69 Å². The van der Waals surface area contributed by atoms with Gasteiger partial charge in [0.15, 0.2) is 0 Å². The molecule has 1 aliphatic rings. The maximum Gasteiger partial charge on any atom is 0.293 e. The van der Waals surface area contributed by atoms with Crippen molar-refractivity contribution in [2.24, 2.45) is 11.3 Å². The number of nitrogens with one attached hydrogen (secondary N) is 1. The number of para-hydroxylation sites is 1. The number of hydrogen-bond acceptors (Lipinski definition) is 5. The van der Waals surface area contributed by atoms with Crippen LogP contribution in [0.5, 0.6) is 0 Å². The van der Waals surface area contributed by atoms with Gasteiger partial charge in [0.25, 0.3) is 5.69 Å². The Morgan fingerprint density at radius 2 is 2.14 bits per heavy atom. The summed E-state index contributed by atoms with van der Waals surface area (Å²) >= 11 is 0. The smallest absolute Gasteiger partial charge is 0.293 e. The van der Waals surface area contributed by atoms with E-state index < -0.39 is 4.92 Å². The second-order valence-electron chi connectivity index (χ2n) is 6.51. The largest absolute Gasteiger partial charge is 0.318 e. The molecule has 1 aromatic rings. The second kappa shape index (κ2) is 6.41. The monoisotopic (exact) mass is 292 g/mol. The first-order valence-corrected chi connectivity index (χ1v) is 7.38. The number of rotatable bonds is 4. The Kier molecular flexibility index (Phi) is 4.80. The third-order valence-corrected chi connectivity index (χ3v) is 4.30. The maximum absolute atomic E-state index is 11.1. The Balaban J connectivity index is 2.16. The molecular weight excluding hydrogens is 268 g/mol. The third kappa shape index (κ3) is 3.92. The molecule has 0 spiro atoms. The van der Waals surface area contributed by atoms with E-state index in [4.69, 9.17) is 5.84 Å².